The van der Waals surface area contributed by atoms with Gasteiger partial charge >= 0.3 is 0 Å². The fourth-order valence-corrected chi connectivity index (χ4v) is 2.80. The smallest absolute Gasteiger partial charge is 0.267 e. The Morgan fingerprint density at radius 1 is 1.19 bits per heavy atom. The molecule has 6 nitrogen and oxygen atoms in total. The van der Waals surface area contributed by atoms with Crippen molar-refractivity contribution in [2.24, 2.45) is 5.10 Å². The summed E-state index contributed by atoms with van der Waals surface area (Å²) in [5.74, 6) is -0.459. The average molecular weight is 413 g/mol. The molecule has 0 aliphatic rings. The van der Waals surface area contributed by atoms with E-state index in [1.807, 2.05) is 31.2 Å². The van der Waals surface area contributed by atoms with Crippen LogP contribution in [0, 0.1) is 0 Å². The molecule has 0 fully saturated rings. The standard InChI is InChI=1S/C19H17BrN4O2/c1-2-11-24-19(26)16-6-4-3-5-15(16)17(23-24)18(25)22-21-12-13-7-9-14(20)10-8-13/h3-10,12H,2,11H2,1H3,(H,22,25)/b21-12-. The van der Waals surface area contributed by atoms with Crippen molar-refractivity contribution in [2.75, 3.05) is 0 Å². The van der Waals surface area contributed by atoms with E-state index >= 15 is 0 Å². The van der Waals surface area contributed by atoms with Gasteiger partial charge in [-0.1, -0.05) is 53.2 Å². The number of halogens is 1. The lowest BCUT2D eigenvalue weighted by Gasteiger charge is -2.09. The van der Waals surface area contributed by atoms with Crippen molar-refractivity contribution in [3.05, 3.63) is 74.6 Å². The molecule has 0 atom stereocenters. The molecule has 1 aromatic heterocycles. The van der Waals surface area contributed by atoms with Crippen LogP contribution in [0.1, 0.15) is 29.4 Å². The van der Waals surface area contributed by atoms with Gasteiger partial charge in [0.15, 0.2) is 5.69 Å². The lowest BCUT2D eigenvalue weighted by molar-refractivity contribution is 0.0949. The summed E-state index contributed by atoms with van der Waals surface area (Å²) in [6.45, 7) is 2.40. The summed E-state index contributed by atoms with van der Waals surface area (Å²) in [5.41, 5.74) is 3.32. The van der Waals surface area contributed by atoms with E-state index in [2.05, 4.69) is 31.6 Å². The maximum absolute atomic E-state index is 12.6. The first kappa shape index (κ1) is 18.0. The number of aromatic nitrogens is 2. The number of hydrogen-bond donors (Lipinski definition) is 1. The van der Waals surface area contributed by atoms with Crippen LogP contribution < -0.4 is 11.0 Å². The van der Waals surface area contributed by atoms with Crippen molar-refractivity contribution in [3.63, 3.8) is 0 Å². The highest BCUT2D eigenvalue weighted by atomic mass is 79.9. The third-order valence-corrected chi connectivity index (χ3v) is 4.30. The van der Waals surface area contributed by atoms with Crippen LogP contribution >= 0.6 is 15.9 Å². The summed E-state index contributed by atoms with van der Waals surface area (Å²) < 4.78 is 2.29. The van der Waals surface area contributed by atoms with Crippen LogP contribution in [0.2, 0.25) is 0 Å². The average Bonchev–Trinajstić information content (AvgIpc) is 2.65. The largest absolute Gasteiger partial charge is 0.292 e. The number of nitrogens with one attached hydrogen (secondary N) is 1. The molecule has 7 heteroatoms. The van der Waals surface area contributed by atoms with Crippen LogP contribution in [-0.4, -0.2) is 21.9 Å². The summed E-state index contributed by atoms with van der Waals surface area (Å²) in [4.78, 5) is 25.0. The number of nitrogens with zero attached hydrogens (tertiary/aromatic N) is 3. The molecule has 1 amide bonds. The van der Waals surface area contributed by atoms with Crippen molar-refractivity contribution in [1.29, 1.82) is 0 Å². The van der Waals surface area contributed by atoms with Gasteiger partial charge in [-0.2, -0.15) is 10.2 Å². The van der Waals surface area contributed by atoms with E-state index in [4.69, 9.17) is 0 Å². The van der Waals surface area contributed by atoms with Crippen LogP contribution in [0.3, 0.4) is 0 Å². The van der Waals surface area contributed by atoms with Crippen molar-refractivity contribution in [1.82, 2.24) is 15.2 Å². The van der Waals surface area contributed by atoms with Crippen molar-refractivity contribution in [3.8, 4) is 0 Å². The first-order valence-corrected chi connectivity index (χ1v) is 8.98. The highest BCUT2D eigenvalue weighted by Crippen LogP contribution is 2.13. The second-order valence-corrected chi connectivity index (χ2v) is 6.59. The fourth-order valence-electron chi connectivity index (χ4n) is 2.53. The predicted molar refractivity (Wildman–Crippen MR) is 105 cm³/mol. The molecule has 1 heterocycles. The summed E-state index contributed by atoms with van der Waals surface area (Å²) in [7, 11) is 0. The third-order valence-electron chi connectivity index (χ3n) is 3.77. The zero-order valence-electron chi connectivity index (χ0n) is 14.1. The Kier molecular flexibility index (Phi) is 5.58. The van der Waals surface area contributed by atoms with E-state index in [0.717, 1.165) is 16.5 Å². The minimum Gasteiger partial charge on any atom is -0.267 e. The maximum atomic E-state index is 12.6. The number of hydrogen-bond acceptors (Lipinski definition) is 4. The number of rotatable bonds is 5. The van der Waals surface area contributed by atoms with Crippen LogP contribution in [0.15, 0.2) is 62.9 Å². The summed E-state index contributed by atoms with van der Waals surface area (Å²) in [6.07, 6.45) is 2.29. The molecule has 0 bridgehead atoms. The van der Waals surface area contributed by atoms with E-state index in [-0.39, 0.29) is 11.3 Å². The van der Waals surface area contributed by atoms with Crippen LogP contribution in [0.5, 0.6) is 0 Å². The monoisotopic (exact) mass is 412 g/mol. The van der Waals surface area contributed by atoms with Gasteiger partial charge in [-0.05, 0) is 30.2 Å². The Hall–Kier alpha value is -2.80. The van der Waals surface area contributed by atoms with Crippen molar-refractivity contribution in [2.45, 2.75) is 19.9 Å². The Balaban J connectivity index is 1.91. The molecule has 3 aromatic rings. The molecule has 26 heavy (non-hydrogen) atoms. The molecule has 1 N–H and O–H groups in total. The Morgan fingerprint density at radius 3 is 2.58 bits per heavy atom. The van der Waals surface area contributed by atoms with Gasteiger partial charge in [-0.3, -0.25) is 9.59 Å². The van der Waals surface area contributed by atoms with Gasteiger partial charge in [-0.25, -0.2) is 10.1 Å². The SMILES string of the molecule is CCCn1nc(C(=O)N/N=C\c2ccc(Br)cc2)c2ccccc2c1=O. The number of carbonyl (C=O) groups is 1. The second-order valence-electron chi connectivity index (χ2n) is 5.67. The highest BCUT2D eigenvalue weighted by molar-refractivity contribution is 9.10. The minimum atomic E-state index is -0.459. The topological polar surface area (TPSA) is 76.3 Å². The zero-order valence-corrected chi connectivity index (χ0v) is 15.7. The molecule has 0 spiro atoms. The van der Waals surface area contributed by atoms with Crippen LogP contribution in [-0.2, 0) is 6.54 Å². The molecule has 132 valence electrons. The number of amides is 1. The molecule has 0 aliphatic carbocycles. The molecule has 3 rings (SSSR count). The molecule has 0 saturated heterocycles. The Bertz CT molecular complexity index is 1030. The van der Waals surface area contributed by atoms with Gasteiger partial charge < -0.3 is 0 Å². The fraction of sp³-hybridized carbons (Fsp3) is 0.158. The number of hydrazone groups is 1. The molecule has 2 aromatic carbocycles. The molecule has 0 aliphatic heterocycles. The lowest BCUT2D eigenvalue weighted by atomic mass is 10.1. The third kappa shape index (κ3) is 3.88. The molecule has 0 radical (unpaired) electrons. The Labute approximate surface area is 158 Å². The molecular weight excluding hydrogens is 396 g/mol. The van der Waals surface area contributed by atoms with E-state index in [1.54, 1.807) is 30.5 Å². The number of fused-ring (bicyclic) bond motifs is 1. The molecular formula is C19H17BrN4O2. The van der Waals surface area contributed by atoms with Gasteiger partial charge in [-0.15, -0.1) is 0 Å². The van der Waals surface area contributed by atoms with Crippen molar-refractivity contribution < 1.29 is 4.79 Å². The van der Waals surface area contributed by atoms with Gasteiger partial charge in [0.25, 0.3) is 11.5 Å². The van der Waals surface area contributed by atoms with Gasteiger partial charge in [0, 0.05) is 16.4 Å². The number of benzene rings is 2. The van der Waals surface area contributed by atoms with Gasteiger partial charge in [0.05, 0.1) is 11.6 Å². The second kappa shape index (κ2) is 8.05. The molecule has 0 unspecified atom stereocenters. The summed E-state index contributed by atoms with van der Waals surface area (Å²) in [6, 6.07) is 14.5. The van der Waals surface area contributed by atoms with E-state index in [0.29, 0.717) is 17.3 Å². The Morgan fingerprint density at radius 2 is 1.88 bits per heavy atom. The number of aryl methyl sites for hydroxylation is 1. The van der Waals surface area contributed by atoms with E-state index in [1.165, 1.54) is 4.68 Å². The van der Waals surface area contributed by atoms with Crippen molar-refractivity contribution >= 4 is 38.8 Å². The first-order valence-electron chi connectivity index (χ1n) is 8.19. The number of carbonyl (C=O) groups excluding carboxylic acids is 1. The normalized spacial score (nSPS) is 11.2. The highest BCUT2D eigenvalue weighted by Gasteiger charge is 2.15. The van der Waals surface area contributed by atoms with E-state index in [9.17, 15) is 9.59 Å². The first-order chi connectivity index (χ1) is 12.6. The predicted octanol–water partition coefficient (Wildman–Crippen LogP) is 3.33. The lowest BCUT2D eigenvalue weighted by Crippen LogP contribution is -2.29. The quantitative estimate of drug-likeness (QED) is 0.515. The minimum absolute atomic E-state index is 0.182. The van der Waals surface area contributed by atoms with E-state index < -0.39 is 5.91 Å². The van der Waals surface area contributed by atoms with Crippen LogP contribution in [0.25, 0.3) is 10.8 Å². The summed E-state index contributed by atoms with van der Waals surface area (Å²) >= 11 is 3.37. The van der Waals surface area contributed by atoms with Gasteiger partial charge in [0.2, 0.25) is 0 Å². The maximum Gasteiger partial charge on any atom is 0.292 e. The zero-order chi connectivity index (χ0) is 18.5. The van der Waals surface area contributed by atoms with Gasteiger partial charge in [0.1, 0.15) is 0 Å². The summed E-state index contributed by atoms with van der Waals surface area (Å²) in [5, 5.41) is 9.21. The molecule has 0 saturated carbocycles. The van der Waals surface area contributed by atoms with Crippen LogP contribution in [0.4, 0.5) is 0 Å².